The highest BCUT2D eigenvalue weighted by molar-refractivity contribution is 9.10. The molecule has 1 heterocycles. The molecule has 138 valence electrons. The van der Waals surface area contributed by atoms with E-state index < -0.39 is 0 Å². The Kier molecular flexibility index (Phi) is 6.25. The molecule has 0 aliphatic heterocycles. The highest BCUT2D eigenvalue weighted by atomic mass is 79.9. The van der Waals surface area contributed by atoms with Crippen molar-refractivity contribution in [2.75, 3.05) is 6.61 Å². The second-order valence-corrected chi connectivity index (χ2v) is 7.97. The first-order chi connectivity index (χ1) is 12.5. The molecule has 0 radical (unpaired) electrons. The van der Waals surface area contributed by atoms with Gasteiger partial charge in [0.1, 0.15) is 11.6 Å². The lowest BCUT2D eigenvalue weighted by atomic mass is 10.2. The van der Waals surface area contributed by atoms with Crippen molar-refractivity contribution in [3.8, 4) is 5.75 Å². The van der Waals surface area contributed by atoms with Crippen LogP contribution in [0.5, 0.6) is 5.75 Å². The minimum atomic E-state index is 0.688. The van der Waals surface area contributed by atoms with Crippen LogP contribution in [0.25, 0.3) is 11.0 Å². The summed E-state index contributed by atoms with van der Waals surface area (Å²) in [5, 5.41) is 0.728. The van der Waals surface area contributed by atoms with E-state index in [1.807, 2.05) is 25.1 Å². The van der Waals surface area contributed by atoms with Crippen LogP contribution in [0.4, 0.5) is 0 Å². The van der Waals surface area contributed by atoms with Crippen LogP contribution in [0.2, 0.25) is 5.02 Å². The van der Waals surface area contributed by atoms with E-state index in [0.29, 0.717) is 6.54 Å². The quantitative estimate of drug-likeness (QED) is 0.387. The Morgan fingerprint density at radius 2 is 1.96 bits per heavy atom. The summed E-state index contributed by atoms with van der Waals surface area (Å²) in [5.41, 5.74) is 4.38. The zero-order chi connectivity index (χ0) is 18.7. The second-order valence-electron chi connectivity index (χ2n) is 6.64. The van der Waals surface area contributed by atoms with Gasteiger partial charge in [0, 0.05) is 9.50 Å². The predicted molar refractivity (Wildman–Crippen MR) is 112 cm³/mol. The molecular weight excluding hydrogens is 412 g/mol. The standard InChI is InChI=1S/C21H24BrClN2O/c1-4-5-6-9-26-18-8-7-16(19(23)12-18)13-25-15(3)24-21-14(2)10-17(22)11-20(21)25/h7-8,10-12H,4-6,9,13H2,1-3H3. The molecule has 0 unspecified atom stereocenters. The van der Waals surface area contributed by atoms with E-state index in [2.05, 4.69) is 46.5 Å². The van der Waals surface area contributed by atoms with E-state index in [9.17, 15) is 0 Å². The van der Waals surface area contributed by atoms with Crippen molar-refractivity contribution in [2.45, 2.75) is 46.6 Å². The molecule has 3 rings (SSSR count). The molecule has 0 bridgehead atoms. The van der Waals surface area contributed by atoms with E-state index in [1.54, 1.807) is 0 Å². The Bertz CT molecular complexity index is 920. The topological polar surface area (TPSA) is 27.1 Å². The minimum absolute atomic E-state index is 0.688. The van der Waals surface area contributed by atoms with Gasteiger partial charge in [0.2, 0.25) is 0 Å². The van der Waals surface area contributed by atoms with Gasteiger partial charge >= 0.3 is 0 Å². The Hall–Kier alpha value is -1.52. The molecule has 0 aliphatic rings. The van der Waals surface area contributed by atoms with Gasteiger partial charge in [-0.25, -0.2) is 4.98 Å². The first-order valence-electron chi connectivity index (χ1n) is 9.03. The van der Waals surface area contributed by atoms with Crippen molar-refractivity contribution in [1.29, 1.82) is 0 Å². The fraction of sp³-hybridized carbons (Fsp3) is 0.381. The average Bonchev–Trinajstić information content (AvgIpc) is 2.90. The SMILES string of the molecule is CCCCCOc1ccc(Cn2c(C)nc3c(C)cc(Br)cc32)c(Cl)c1. The highest BCUT2D eigenvalue weighted by Gasteiger charge is 2.12. The third-order valence-electron chi connectivity index (χ3n) is 4.57. The number of fused-ring (bicyclic) bond motifs is 1. The third kappa shape index (κ3) is 4.24. The van der Waals surface area contributed by atoms with Crippen LogP contribution in [0, 0.1) is 13.8 Å². The van der Waals surface area contributed by atoms with Crippen molar-refractivity contribution in [2.24, 2.45) is 0 Å². The van der Waals surface area contributed by atoms with E-state index in [4.69, 9.17) is 21.3 Å². The number of aryl methyl sites for hydroxylation is 2. The van der Waals surface area contributed by atoms with E-state index >= 15 is 0 Å². The summed E-state index contributed by atoms with van der Waals surface area (Å²) < 4.78 is 9.06. The number of ether oxygens (including phenoxy) is 1. The third-order valence-corrected chi connectivity index (χ3v) is 5.38. The molecule has 3 aromatic rings. The lowest BCUT2D eigenvalue weighted by Gasteiger charge is -2.12. The minimum Gasteiger partial charge on any atom is -0.494 e. The Labute approximate surface area is 168 Å². The molecule has 0 spiro atoms. The van der Waals surface area contributed by atoms with Crippen LogP contribution in [-0.4, -0.2) is 16.2 Å². The van der Waals surface area contributed by atoms with Gasteiger partial charge < -0.3 is 9.30 Å². The molecule has 26 heavy (non-hydrogen) atoms. The van der Waals surface area contributed by atoms with Crippen molar-refractivity contribution >= 4 is 38.6 Å². The second kappa shape index (κ2) is 8.45. The number of imidazole rings is 1. The lowest BCUT2D eigenvalue weighted by Crippen LogP contribution is -2.03. The normalized spacial score (nSPS) is 11.3. The fourth-order valence-corrected chi connectivity index (χ4v) is 3.91. The van der Waals surface area contributed by atoms with Gasteiger partial charge in [-0.1, -0.05) is 53.4 Å². The van der Waals surface area contributed by atoms with Crippen molar-refractivity contribution < 1.29 is 4.74 Å². The molecule has 1 aromatic heterocycles. The van der Waals surface area contributed by atoms with Gasteiger partial charge in [0.15, 0.2) is 0 Å². The number of unbranched alkanes of at least 4 members (excludes halogenated alkanes) is 2. The number of rotatable bonds is 7. The summed E-state index contributed by atoms with van der Waals surface area (Å²) in [6, 6.07) is 10.2. The summed E-state index contributed by atoms with van der Waals surface area (Å²) in [6.07, 6.45) is 3.45. The molecule has 0 amide bonds. The number of hydrogen-bond donors (Lipinski definition) is 0. The molecule has 0 atom stereocenters. The molecule has 0 aliphatic carbocycles. The van der Waals surface area contributed by atoms with E-state index in [0.717, 1.165) is 56.3 Å². The molecule has 3 nitrogen and oxygen atoms in total. The molecule has 0 N–H and O–H groups in total. The van der Waals surface area contributed by atoms with Gasteiger partial charge in [-0.05, 0) is 55.7 Å². The molecule has 0 saturated carbocycles. The Balaban J connectivity index is 1.83. The molecule has 2 aromatic carbocycles. The lowest BCUT2D eigenvalue weighted by molar-refractivity contribution is 0.306. The monoisotopic (exact) mass is 434 g/mol. The summed E-state index contributed by atoms with van der Waals surface area (Å²) in [7, 11) is 0. The van der Waals surface area contributed by atoms with Crippen molar-refractivity contribution in [3.63, 3.8) is 0 Å². The van der Waals surface area contributed by atoms with Gasteiger partial charge in [0.05, 0.1) is 24.2 Å². The van der Waals surface area contributed by atoms with Gasteiger partial charge in [-0.15, -0.1) is 0 Å². The molecule has 5 heteroatoms. The predicted octanol–water partition coefficient (Wildman–Crippen LogP) is 6.69. The largest absolute Gasteiger partial charge is 0.494 e. The van der Waals surface area contributed by atoms with Crippen LogP contribution in [0.3, 0.4) is 0 Å². The summed E-state index contributed by atoms with van der Waals surface area (Å²) in [5.74, 6) is 1.82. The van der Waals surface area contributed by atoms with Crippen LogP contribution in [0.15, 0.2) is 34.8 Å². The summed E-state index contributed by atoms with van der Waals surface area (Å²) in [6.45, 7) is 7.73. The summed E-state index contributed by atoms with van der Waals surface area (Å²) >= 11 is 10.1. The maximum absolute atomic E-state index is 6.53. The van der Waals surface area contributed by atoms with Gasteiger partial charge in [-0.2, -0.15) is 0 Å². The molecular formula is C21H24BrClN2O. The summed E-state index contributed by atoms with van der Waals surface area (Å²) in [4.78, 5) is 4.73. The Morgan fingerprint density at radius 3 is 2.69 bits per heavy atom. The van der Waals surface area contributed by atoms with Gasteiger partial charge in [-0.3, -0.25) is 0 Å². The van der Waals surface area contributed by atoms with E-state index in [-0.39, 0.29) is 0 Å². The van der Waals surface area contributed by atoms with Crippen LogP contribution in [-0.2, 0) is 6.54 Å². The van der Waals surface area contributed by atoms with Crippen LogP contribution >= 0.6 is 27.5 Å². The first kappa shape index (κ1) is 19.2. The van der Waals surface area contributed by atoms with Gasteiger partial charge in [0.25, 0.3) is 0 Å². The number of hydrogen-bond acceptors (Lipinski definition) is 2. The molecule has 0 fully saturated rings. The van der Waals surface area contributed by atoms with E-state index in [1.165, 1.54) is 12.8 Å². The van der Waals surface area contributed by atoms with Crippen molar-refractivity contribution in [3.05, 3.63) is 56.8 Å². The zero-order valence-corrected chi connectivity index (χ0v) is 17.8. The number of halogens is 2. The smallest absolute Gasteiger partial charge is 0.120 e. The average molecular weight is 436 g/mol. The zero-order valence-electron chi connectivity index (χ0n) is 15.5. The molecule has 0 saturated heterocycles. The Morgan fingerprint density at radius 1 is 1.15 bits per heavy atom. The maximum atomic E-state index is 6.53. The number of aromatic nitrogens is 2. The van der Waals surface area contributed by atoms with Crippen LogP contribution in [0.1, 0.15) is 43.1 Å². The first-order valence-corrected chi connectivity index (χ1v) is 10.2. The van der Waals surface area contributed by atoms with Crippen molar-refractivity contribution in [1.82, 2.24) is 9.55 Å². The maximum Gasteiger partial charge on any atom is 0.120 e. The highest BCUT2D eigenvalue weighted by Crippen LogP contribution is 2.28. The van der Waals surface area contributed by atoms with Crippen LogP contribution < -0.4 is 4.74 Å². The number of nitrogens with zero attached hydrogens (tertiary/aromatic N) is 2. The number of benzene rings is 2. The fourth-order valence-electron chi connectivity index (χ4n) is 3.12.